The van der Waals surface area contributed by atoms with Gasteiger partial charge in [0.25, 0.3) is 0 Å². The molecule has 1 aliphatic rings. The molecule has 104 valence electrons. The summed E-state index contributed by atoms with van der Waals surface area (Å²) in [5.41, 5.74) is 1.14. The Morgan fingerprint density at radius 1 is 1.26 bits per heavy atom. The largest absolute Gasteiger partial charge is 0.334 e. The molecule has 1 aliphatic heterocycles. The van der Waals surface area contributed by atoms with E-state index in [1.165, 1.54) is 0 Å². The Kier molecular flexibility index (Phi) is 4.80. The van der Waals surface area contributed by atoms with Crippen molar-refractivity contribution in [3.8, 4) is 0 Å². The molecule has 2 rings (SSSR count). The quantitative estimate of drug-likeness (QED) is 0.879. The van der Waals surface area contributed by atoms with Gasteiger partial charge in [-0.05, 0) is 18.7 Å². The Labute approximate surface area is 115 Å². The second-order valence-electron chi connectivity index (χ2n) is 4.92. The first-order valence-electron chi connectivity index (χ1n) is 7.05. The highest BCUT2D eigenvalue weighted by Crippen LogP contribution is 2.14. The van der Waals surface area contributed by atoms with Crippen molar-refractivity contribution in [3.05, 3.63) is 35.9 Å². The number of urea groups is 1. The minimum absolute atomic E-state index is 0.0484. The standard InChI is InChI=1S/C15H23N3O/c1-3-17(4-2)14-11-18(12-14)15(19)16-10-13-8-6-5-7-9-13/h5-9,14H,3-4,10-12H2,1-2H3,(H,16,19). The number of hydrogen-bond donors (Lipinski definition) is 1. The second-order valence-corrected chi connectivity index (χ2v) is 4.92. The van der Waals surface area contributed by atoms with Gasteiger partial charge in [0.2, 0.25) is 0 Å². The highest BCUT2D eigenvalue weighted by molar-refractivity contribution is 5.75. The zero-order valence-electron chi connectivity index (χ0n) is 11.8. The van der Waals surface area contributed by atoms with Crippen LogP contribution in [0.2, 0.25) is 0 Å². The number of rotatable bonds is 5. The third-order valence-corrected chi connectivity index (χ3v) is 3.76. The number of nitrogens with zero attached hydrogens (tertiary/aromatic N) is 2. The lowest BCUT2D eigenvalue weighted by Crippen LogP contribution is -2.62. The Bertz CT molecular complexity index is 397. The molecular weight excluding hydrogens is 238 g/mol. The molecule has 19 heavy (non-hydrogen) atoms. The first kappa shape index (κ1) is 13.9. The lowest BCUT2D eigenvalue weighted by molar-refractivity contribution is 0.0631. The molecule has 4 heteroatoms. The predicted molar refractivity (Wildman–Crippen MR) is 77.0 cm³/mol. The summed E-state index contributed by atoms with van der Waals surface area (Å²) < 4.78 is 0. The summed E-state index contributed by atoms with van der Waals surface area (Å²) in [6.07, 6.45) is 0. The van der Waals surface area contributed by atoms with Crippen LogP contribution in [-0.2, 0) is 6.54 Å². The van der Waals surface area contributed by atoms with Gasteiger partial charge in [0, 0.05) is 25.7 Å². The Morgan fingerprint density at radius 3 is 2.47 bits per heavy atom. The van der Waals surface area contributed by atoms with Gasteiger partial charge in [-0.25, -0.2) is 4.79 Å². The molecule has 1 heterocycles. The summed E-state index contributed by atoms with van der Waals surface area (Å²) in [4.78, 5) is 16.2. The second kappa shape index (κ2) is 6.57. The van der Waals surface area contributed by atoms with E-state index in [0.717, 1.165) is 31.7 Å². The molecule has 0 aromatic heterocycles. The molecule has 0 atom stereocenters. The Hall–Kier alpha value is -1.55. The van der Waals surface area contributed by atoms with Crippen molar-refractivity contribution in [3.63, 3.8) is 0 Å². The zero-order chi connectivity index (χ0) is 13.7. The predicted octanol–water partition coefficient (Wildman–Crippen LogP) is 1.92. The van der Waals surface area contributed by atoms with Crippen LogP contribution >= 0.6 is 0 Å². The summed E-state index contributed by atoms with van der Waals surface area (Å²) in [7, 11) is 0. The summed E-state index contributed by atoms with van der Waals surface area (Å²) in [5.74, 6) is 0. The third kappa shape index (κ3) is 3.47. The average Bonchev–Trinajstić information content (AvgIpc) is 2.40. The number of carbonyl (C=O) groups is 1. The number of amides is 2. The highest BCUT2D eigenvalue weighted by Gasteiger charge is 2.33. The van der Waals surface area contributed by atoms with Crippen LogP contribution in [0.4, 0.5) is 4.79 Å². The van der Waals surface area contributed by atoms with Crippen molar-refractivity contribution < 1.29 is 4.79 Å². The molecule has 1 saturated heterocycles. The van der Waals surface area contributed by atoms with Gasteiger partial charge in [-0.2, -0.15) is 0 Å². The molecule has 1 aromatic rings. The van der Waals surface area contributed by atoms with Gasteiger partial charge in [0.05, 0.1) is 0 Å². The number of likely N-dealkylation sites (tertiary alicyclic amines) is 1. The third-order valence-electron chi connectivity index (χ3n) is 3.76. The van der Waals surface area contributed by atoms with Crippen LogP contribution in [-0.4, -0.2) is 48.1 Å². The lowest BCUT2D eigenvalue weighted by atomic mass is 10.1. The van der Waals surface area contributed by atoms with Gasteiger partial charge < -0.3 is 10.2 Å². The number of hydrogen-bond acceptors (Lipinski definition) is 2. The van der Waals surface area contributed by atoms with Crippen molar-refractivity contribution in [1.29, 1.82) is 0 Å². The molecule has 1 fully saturated rings. The van der Waals surface area contributed by atoms with E-state index in [2.05, 4.69) is 24.1 Å². The molecule has 4 nitrogen and oxygen atoms in total. The SMILES string of the molecule is CCN(CC)C1CN(C(=O)NCc2ccccc2)C1. The summed E-state index contributed by atoms with van der Waals surface area (Å²) in [5, 5.41) is 2.96. The van der Waals surface area contributed by atoms with Crippen molar-refractivity contribution in [2.24, 2.45) is 0 Å². The summed E-state index contributed by atoms with van der Waals surface area (Å²) >= 11 is 0. The maximum atomic E-state index is 11.9. The van der Waals surface area contributed by atoms with E-state index < -0.39 is 0 Å². The van der Waals surface area contributed by atoms with Crippen molar-refractivity contribution in [2.75, 3.05) is 26.2 Å². The van der Waals surface area contributed by atoms with Crippen LogP contribution in [0, 0.1) is 0 Å². The minimum Gasteiger partial charge on any atom is -0.334 e. The number of nitrogens with one attached hydrogen (secondary N) is 1. The van der Waals surface area contributed by atoms with Gasteiger partial charge in [-0.1, -0.05) is 44.2 Å². The smallest absolute Gasteiger partial charge is 0.317 e. The van der Waals surface area contributed by atoms with Crippen LogP contribution in [0.15, 0.2) is 30.3 Å². The molecule has 1 N–H and O–H groups in total. The van der Waals surface area contributed by atoms with E-state index in [1.807, 2.05) is 35.2 Å². The molecule has 2 amide bonds. The van der Waals surface area contributed by atoms with E-state index in [1.54, 1.807) is 0 Å². The molecule has 0 saturated carbocycles. The van der Waals surface area contributed by atoms with Crippen LogP contribution in [0.1, 0.15) is 19.4 Å². The van der Waals surface area contributed by atoms with Crippen molar-refractivity contribution >= 4 is 6.03 Å². The van der Waals surface area contributed by atoms with E-state index in [4.69, 9.17) is 0 Å². The fourth-order valence-electron chi connectivity index (χ4n) is 2.48. The van der Waals surface area contributed by atoms with Crippen LogP contribution in [0.25, 0.3) is 0 Å². The number of carbonyl (C=O) groups excluding carboxylic acids is 1. The van der Waals surface area contributed by atoms with Gasteiger partial charge >= 0.3 is 6.03 Å². The van der Waals surface area contributed by atoms with Crippen LogP contribution < -0.4 is 5.32 Å². The fraction of sp³-hybridized carbons (Fsp3) is 0.533. The molecule has 0 spiro atoms. The van der Waals surface area contributed by atoms with E-state index in [9.17, 15) is 4.79 Å². The maximum Gasteiger partial charge on any atom is 0.317 e. The van der Waals surface area contributed by atoms with E-state index in [-0.39, 0.29) is 6.03 Å². The molecule has 1 aromatic carbocycles. The van der Waals surface area contributed by atoms with Gasteiger partial charge in [0.15, 0.2) is 0 Å². The van der Waals surface area contributed by atoms with Crippen molar-refractivity contribution in [2.45, 2.75) is 26.4 Å². The normalized spacial score (nSPS) is 15.4. The first-order chi connectivity index (χ1) is 9.24. The zero-order valence-corrected chi connectivity index (χ0v) is 11.8. The molecule has 0 aliphatic carbocycles. The molecule has 0 bridgehead atoms. The molecule has 0 unspecified atom stereocenters. The van der Waals surface area contributed by atoms with Crippen LogP contribution in [0.5, 0.6) is 0 Å². The summed E-state index contributed by atoms with van der Waals surface area (Å²) in [6, 6.07) is 10.6. The number of benzene rings is 1. The van der Waals surface area contributed by atoms with Gasteiger partial charge in [-0.3, -0.25) is 4.90 Å². The number of likely N-dealkylation sites (N-methyl/N-ethyl adjacent to an activating group) is 1. The first-order valence-corrected chi connectivity index (χ1v) is 7.05. The highest BCUT2D eigenvalue weighted by atomic mass is 16.2. The maximum absolute atomic E-state index is 11.9. The summed E-state index contributed by atoms with van der Waals surface area (Å²) in [6.45, 7) is 8.75. The fourth-order valence-corrected chi connectivity index (χ4v) is 2.48. The Morgan fingerprint density at radius 2 is 1.89 bits per heavy atom. The van der Waals surface area contributed by atoms with Gasteiger partial charge in [-0.15, -0.1) is 0 Å². The Balaban J connectivity index is 1.72. The monoisotopic (exact) mass is 261 g/mol. The van der Waals surface area contributed by atoms with Gasteiger partial charge in [0.1, 0.15) is 0 Å². The van der Waals surface area contributed by atoms with Crippen LogP contribution in [0.3, 0.4) is 0 Å². The topological polar surface area (TPSA) is 35.6 Å². The average molecular weight is 261 g/mol. The van der Waals surface area contributed by atoms with Crippen molar-refractivity contribution in [1.82, 2.24) is 15.1 Å². The van der Waals surface area contributed by atoms with E-state index in [0.29, 0.717) is 12.6 Å². The molecule has 0 radical (unpaired) electrons. The minimum atomic E-state index is 0.0484. The van der Waals surface area contributed by atoms with E-state index >= 15 is 0 Å². The molecular formula is C15H23N3O. The lowest BCUT2D eigenvalue weighted by Gasteiger charge is -2.44.